The first-order chi connectivity index (χ1) is 19.7. The van der Waals surface area contributed by atoms with E-state index in [0.29, 0.717) is 5.82 Å². The van der Waals surface area contributed by atoms with Crippen molar-refractivity contribution >= 4 is 38.4 Å². The van der Waals surface area contributed by atoms with Crippen LogP contribution in [0.25, 0.3) is 72.2 Å². The molecular formula is C37H24N2O. The summed E-state index contributed by atoms with van der Waals surface area (Å²) in [5.74, 6) is 0.677. The van der Waals surface area contributed by atoms with Crippen molar-refractivity contribution in [2.45, 2.75) is 6.92 Å². The molecular weight excluding hydrogens is 488 g/mol. The first-order valence-corrected chi connectivity index (χ1v) is 13.5. The minimum absolute atomic E-state index is 0.677. The van der Waals surface area contributed by atoms with Crippen LogP contribution in [0.5, 0.6) is 0 Å². The van der Waals surface area contributed by atoms with E-state index in [0.717, 1.165) is 66.4 Å². The number of benzene rings is 5. The average molecular weight is 513 g/mol. The molecule has 2 heterocycles. The van der Waals surface area contributed by atoms with E-state index in [4.69, 9.17) is 14.4 Å². The van der Waals surface area contributed by atoms with Crippen molar-refractivity contribution < 1.29 is 4.42 Å². The SMILES string of the molecule is C=C/C=C1/c2ccccc2-c2cc(-c3nc(-c4ccccc4)c4ccccc4n3)cc3oc4ccc(C)c1c4c23. The summed E-state index contributed by atoms with van der Waals surface area (Å²) in [6.45, 7) is 6.20. The molecule has 3 nitrogen and oxygen atoms in total. The molecule has 0 saturated carbocycles. The van der Waals surface area contributed by atoms with Crippen LogP contribution in [-0.4, -0.2) is 9.97 Å². The maximum atomic E-state index is 6.56. The number of aromatic nitrogens is 2. The predicted molar refractivity (Wildman–Crippen MR) is 165 cm³/mol. The number of fused-ring (bicyclic) bond motifs is 3. The molecule has 0 amide bonds. The molecule has 0 aliphatic heterocycles. The van der Waals surface area contributed by atoms with Crippen LogP contribution in [0.15, 0.2) is 126 Å². The van der Waals surface area contributed by atoms with Crippen molar-refractivity contribution in [2.24, 2.45) is 0 Å². The molecule has 40 heavy (non-hydrogen) atoms. The minimum atomic E-state index is 0.677. The van der Waals surface area contributed by atoms with Gasteiger partial charge in [0, 0.05) is 27.3 Å². The number of rotatable bonds is 3. The molecule has 0 N–H and O–H groups in total. The van der Waals surface area contributed by atoms with Gasteiger partial charge < -0.3 is 4.42 Å². The second kappa shape index (κ2) is 8.62. The van der Waals surface area contributed by atoms with E-state index in [2.05, 4.69) is 92.4 Å². The lowest BCUT2D eigenvalue weighted by Crippen LogP contribution is -1.96. The van der Waals surface area contributed by atoms with Gasteiger partial charge in [0.05, 0.1) is 11.2 Å². The van der Waals surface area contributed by atoms with Crippen molar-refractivity contribution in [3.05, 3.63) is 139 Å². The molecule has 0 radical (unpaired) electrons. The summed E-state index contributed by atoms with van der Waals surface area (Å²) >= 11 is 0. The van der Waals surface area contributed by atoms with Crippen molar-refractivity contribution in [3.8, 4) is 33.8 Å². The second-order valence-corrected chi connectivity index (χ2v) is 10.3. The van der Waals surface area contributed by atoms with Crippen LogP contribution >= 0.6 is 0 Å². The lowest BCUT2D eigenvalue weighted by molar-refractivity contribution is 0.669. The van der Waals surface area contributed by atoms with Gasteiger partial charge in [-0.15, -0.1) is 0 Å². The Morgan fingerprint density at radius 1 is 0.675 bits per heavy atom. The lowest BCUT2D eigenvalue weighted by Gasteiger charge is -2.14. The summed E-state index contributed by atoms with van der Waals surface area (Å²) < 4.78 is 6.56. The van der Waals surface area contributed by atoms with Gasteiger partial charge in [-0.1, -0.05) is 97.6 Å². The van der Waals surface area contributed by atoms with Crippen LogP contribution in [0.2, 0.25) is 0 Å². The summed E-state index contributed by atoms with van der Waals surface area (Å²) in [7, 11) is 0. The summed E-state index contributed by atoms with van der Waals surface area (Å²) in [6, 6.07) is 35.7. The molecule has 0 bridgehead atoms. The Hall–Kier alpha value is -5.28. The highest BCUT2D eigenvalue weighted by Gasteiger charge is 2.26. The van der Waals surface area contributed by atoms with Gasteiger partial charge in [0.15, 0.2) is 5.82 Å². The van der Waals surface area contributed by atoms with Gasteiger partial charge in [-0.2, -0.15) is 0 Å². The number of furan rings is 1. The average Bonchev–Trinajstić information content (AvgIpc) is 3.32. The highest BCUT2D eigenvalue weighted by molar-refractivity contribution is 6.21. The topological polar surface area (TPSA) is 38.9 Å². The van der Waals surface area contributed by atoms with Gasteiger partial charge in [-0.3, -0.25) is 0 Å². The number of para-hydroxylation sites is 1. The third-order valence-electron chi connectivity index (χ3n) is 7.92. The Morgan fingerprint density at radius 3 is 2.30 bits per heavy atom. The number of nitrogens with zero attached hydrogens (tertiary/aromatic N) is 2. The van der Waals surface area contributed by atoms with Crippen LogP contribution in [0.3, 0.4) is 0 Å². The first kappa shape index (κ1) is 22.7. The maximum Gasteiger partial charge on any atom is 0.160 e. The number of aryl methyl sites for hydroxylation is 1. The molecule has 0 unspecified atom stereocenters. The molecule has 2 aromatic heterocycles. The highest BCUT2D eigenvalue weighted by atomic mass is 16.3. The lowest BCUT2D eigenvalue weighted by atomic mass is 9.90. The molecule has 0 saturated heterocycles. The summed E-state index contributed by atoms with van der Waals surface area (Å²) in [5, 5.41) is 3.30. The summed E-state index contributed by atoms with van der Waals surface area (Å²) in [5.41, 5.74) is 12.6. The zero-order chi connectivity index (χ0) is 26.8. The monoisotopic (exact) mass is 512 g/mol. The molecule has 0 fully saturated rings. The Morgan fingerprint density at radius 2 is 1.45 bits per heavy atom. The Balaban J connectivity index is 1.49. The fourth-order valence-electron chi connectivity index (χ4n) is 6.18. The van der Waals surface area contributed by atoms with Crippen molar-refractivity contribution in [3.63, 3.8) is 0 Å². The minimum Gasteiger partial charge on any atom is -0.456 e. The van der Waals surface area contributed by atoms with E-state index >= 15 is 0 Å². The van der Waals surface area contributed by atoms with Crippen LogP contribution in [-0.2, 0) is 0 Å². The van der Waals surface area contributed by atoms with Crippen LogP contribution in [0.1, 0.15) is 16.7 Å². The normalized spacial score (nSPS) is 13.3. The number of allylic oxidation sites excluding steroid dienone is 2. The molecule has 0 spiro atoms. The first-order valence-electron chi connectivity index (χ1n) is 13.5. The van der Waals surface area contributed by atoms with Crippen LogP contribution in [0.4, 0.5) is 0 Å². The second-order valence-electron chi connectivity index (χ2n) is 10.3. The van der Waals surface area contributed by atoms with Gasteiger partial charge in [0.2, 0.25) is 0 Å². The van der Waals surface area contributed by atoms with Gasteiger partial charge in [0.25, 0.3) is 0 Å². The van der Waals surface area contributed by atoms with Gasteiger partial charge >= 0.3 is 0 Å². The zero-order valence-corrected chi connectivity index (χ0v) is 22.0. The molecule has 8 rings (SSSR count). The maximum absolute atomic E-state index is 6.56. The molecule has 188 valence electrons. The van der Waals surface area contributed by atoms with Gasteiger partial charge in [0.1, 0.15) is 11.2 Å². The Labute approximate surface area is 231 Å². The van der Waals surface area contributed by atoms with Crippen LogP contribution in [0, 0.1) is 6.92 Å². The van der Waals surface area contributed by atoms with Crippen LogP contribution < -0.4 is 0 Å². The van der Waals surface area contributed by atoms with Gasteiger partial charge in [-0.05, 0) is 64.6 Å². The predicted octanol–water partition coefficient (Wildman–Crippen LogP) is 9.77. The highest BCUT2D eigenvalue weighted by Crippen LogP contribution is 2.49. The zero-order valence-electron chi connectivity index (χ0n) is 22.0. The van der Waals surface area contributed by atoms with E-state index in [-0.39, 0.29) is 0 Å². The standard InChI is InChI=1S/C37H24N2O/c1-3-11-27-25-14-7-8-15-26(25)29-20-24(21-32-34(29)35-31(40-32)19-18-22(2)33(27)35)37-38-30-17-10-9-16-28(30)36(39-37)23-12-5-4-6-13-23/h3-21H,1H2,2H3/b27-11-. The summed E-state index contributed by atoms with van der Waals surface area (Å²) in [4.78, 5) is 10.2. The largest absolute Gasteiger partial charge is 0.456 e. The quantitative estimate of drug-likeness (QED) is 0.236. The third-order valence-corrected chi connectivity index (χ3v) is 7.92. The molecule has 3 heteroatoms. The molecule has 7 aromatic rings. The van der Waals surface area contributed by atoms with Gasteiger partial charge in [-0.25, -0.2) is 9.97 Å². The van der Waals surface area contributed by atoms with E-state index < -0.39 is 0 Å². The van der Waals surface area contributed by atoms with Crippen molar-refractivity contribution in [1.29, 1.82) is 0 Å². The number of hydrogen-bond acceptors (Lipinski definition) is 3. The third kappa shape index (κ3) is 3.25. The van der Waals surface area contributed by atoms with E-state index in [1.54, 1.807) is 0 Å². The fraction of sp³-hybridized carbons (Fsp3) is 0.0270. The van der Waals surface area contributed by atoms with E-state index in [1.165, 1.54) is 16.7 Å². The fourth-order valence-corrected chi connectivity index (χ4v) is 6.18. The molecule has 0 atom stereocenters. The van der Waals surface area contributed by atoms with E-state index in [1.807, 2.05) is 36.4 Å². The Bertz CT molecular complexity index is 2180. The molecule has 5 aromatic carbocycles. The van der Waals surface area contributed by atoms with E-state index in [9.17, 15) is 0 Å². The summed E-state index contributed by atoms with van der Waals surface area (Å²) in [6.07, 6.45) is 3.99. The Kier molecular flexibility index (Phi) is 4.89. The molecule has 1 aliphatic carbocycles. The smallest absolute Gasteiger partial charge is 0.160 e. The van der Waals surface area contributed by atoms with Crippen molar-refractivity contribution in [2.75, 3.05) is 0 Å². The number of hydrogen-bond donors (Lipinski definition) is 0. The van der Waals surface area contributed by atoms with Crippen molar-refractivity contribution in [1.82, 2.24) is 9.97 Å². The molecule has 1 aliphatic rings.